The lowest BCUT2D eigenvalue weighted by Gasteiger charge is -2.13. The van der Waals surface area contributed by atoms with Gasteiger partial charge in [0.1, 0.15) is 0 Å². The van der Waals surface area contributed by atoms with Gasteiger partial charge in [0.2, 0.25) is 0 Å². The molecule has 0 spiro atoms. The normalized spacial score (nSPS) is 22.4. The maximum atomic E-state index is 12.2. The highest BCUT2D eigenvalue weighted by Crippen LogP contribution is 2.24. The Balaban J connectivity index is 1.92. The fraction of sp³-hybridized carbons (Fsp3) is 0.533. The van der Waals surface area contributed by atoms with Gasteiger partial charge in [-0.05, 0) is 49.8 Å². The third-order valence-electron chi connectivity index (χ3n) is 3.74. The molecule has 0 aromatic heterocycles. The molecule has 1 amide bonds. The summed E-state index contributed by atoms with van der Waals surface area (Å²) >= 11 is 0. The summed E-state index contributed by atoms with van der Waals surface area (Å²) in [6.07, 6.45) is 3.17. The average Bonchev–Trinajstić information content (AvgIpc) is 2.83. The van der Waals surface area contributed by atoms with Gasteiger partial charge in [-0.2, -0.15) is 0 Å². The van der Waals surface area contributed by atoms with Crippen LogP contribution >= 0.6 is 0 Å². The first kappa shape index (κ1) is 14.0. The first-order chi connectivity index (χ1) is 9.20. The number of rotatable bonds is 5. The van der Waals surface area contributed by atoms with Crippen molar-refractivity contribution in [2.75, 3.05) is 13.1 Å². The van der Waals surface area contributed by atoms with Gasteiger partial charge in [0, 0.05) is 12.1 Å². The topological polar surface area (TPSA) is 75.4 Å². The van der Waals surface area contributed by atoms with Crippen molar-refractivity contribution in [1.82, 2.24) is 5.32 Å². The van der Waals surface area contributed by atoms with E-state index in [0.29, 0.717) is 31.0 Å². The van der Waals surface area contributed by atoms with Crippen LogP contribution in [0.25, 0.3) is 0 Å². The Morgan fingerprint density at radius 3 is 2.84 bits per heavy atom. The lowest BCUT2D eigenvalue weighted by Crippen LogP contribution is -2.29. The molecule has 0 saturated heterocycles. The van der Waals surface area contributed by atoms with Gasteiger partial charge in [0.05, 0.1) is 6.10 Å². The van der Waals surface area contributed by atoms with E-state index in [4.69, 9.17) is 5.73 Å². The summed E-state index contributed by atoms with van der Waals surface area (Å²) in [6.45, 7) is 1.19. The molecule has 1 saturated carbocycles. The second-order valence-electron chi connectivity index (χ2n) is 5.24. The van der Waals surface area contributed by atoms with Gasteiger partial charge in [-0.1, -0.05) is 18.2 Å². The minimum Gasteiger partial charge on any atom is -0.393 e. The quantitative estimate of drug-likeness (QED) is 0.743. The number of carbonyl (C=O) groups excluding carboxylic acids is 1. The minimum atomic E-state index is -0.188. The molecule has 104 valence electrons. The van der Waals surface area contributed by atoms with E-state index < -0.39 is 0 Å². The van der Waals surface area contributed by atoms with Gasteiger partial charge in [0.15, 0.2) is 0 Å². The number of nitrogens with two attached hydrogens (primary N) is 1. The van der Waals surface area contributed by atoms with E-state index in [1.807, 2.05) is 24.3 Å². The lowest BCUT2D eigenvalue weighted by atomic mass is 10.0. The summed E-state index contributed by atoms with van der Waals surface area (Å²) in [7, 11) is 0. The van der Waals surface area contributed by atoms with Crippen molar-refractivity contribution in [3.05, 3.63) is 35.4 Å². The number of aliphatic hydroxyl groups is 1. The lowest BCUT2D eigenvalue weighted by molar-refractivity contribution is 0.0944. The molecular weight excluding hydrogens is 240 g/mol. The summed E-state index contributed by atoms with van der Waals surface area (Å²) in [5.74, 6) is 0.367. The van der Waals surface area contributed by atoms with Crippen molar-refractivity contribution in [2.45, 2.75) is 31.8 Å². The maximum absolute atomic E-state index is 12.2. The molecular formula is C15H22N2O2. The zero-order chi connectivity index (χ0) is 13.7. The molecule has 19 heavy (non-hydrogen) atoms. The van der Waals surface area contributed by atoms with Crippen LogP contribution in [0.1, 0.15) is 35.2 Å². The van der Waals surface area contributed by atoms with Gasteiger partial charge in [-0.3, -0.25) is 4.79 Å². The van der Waals surface area contributed by atoms with E-state index in [9.17, 15) is 9.90 Å². The molecule has 2 atom stereocenters. The summed E-state index contributed by atoms with van der Waals surface area (Å²) in [5.41, 5.74) is 7.27. The number of amides is 1. The van der Waals surface area contributed by atoms with E-state index in [2.05, 4.69) is 5.32 Å². The Bertz CT molecular complexity index is 434. The van der Waals surface area contributed by atoms with Crippen LogP contribution in [0, 0.1) is 5.92 Å². The zero-order valence-electron chi connectivity index (χ0n) is 11.1. The second kappa shape index (κ2) is 6.68. The van der Waals surface area contributed by atoms with Crippen LogP contribution in [0.15, 0.2) is 24.3 Å². The van der Waals surface area contributed by atoms with Crippen LogP contribution in [0.2, 0.25) is 0 Å². The van der Waals surface area contributed by atoms with Crippen LogP contribution < -0.4 is 11.1 Å². The molecule has 0 bridgehead atoms. The van der Waals surface area contributed by atoms with Gasteiger partial charge in [0.25, 0.3) is 5.91 Å². The molecule has 0 heterocycles. The first-order valence-electron chi connectivity index (χ1n) is 6.95. The Hall–Kier alpha value is -1.39. The second-order valence-corrected chi connectivity index (χ2v) is 5.24. The number of benzene rings is 1. The van der Waals surface area contributed by atoms with E-state index in [-0.39, 0.29) is 12.0 Å². The highest BCUT2D eigenvalue weighted by Gasteiger charge is 2.23. The van der Waals surface area contributed by atoms with Crippen LogP contribution in [0.3, 0.4) is 0 Å². The Morgan fingerprint density at radius 1 is 1.37 bits per heavy atom. The largest absolute Gasteiger partial charge is 0.393 e. The summed E-state index contributed by atoms with van der Waals surface area (Å²) < 4.78 is 0. The van der Waals surface area contributed by atoms with E-state index in [0.717, 1.165) is 24.8 Å². The fourth-order valence-electron chi connectivity index (χ4n) is 2.68. The number of nitrogens with one attached hydrogen (secondary N) is 1. The Kier molecular flexibility index (Phi) is 4.93. The molecule has 1 aliphatic carbocycles. The highest BCUT2D eigenvalue weighted by atomic mass is 16.3. The average molecular weight is 262 g/mol. The first-order valence-corrected chi connectivity index (χ1v) is 6.95. The van der Waals surface area contributed by atoms with E-state index in [1.165, 1.54) is 0 Å². The number of hydrogen-bond acceptors (Lipinski definition) is 3. The summed E-state index contributed by atoms with van der Waals surface area (Å²) in [6, 6.07) is 7.58. The van der Waals surface area contributed by atoms with Crippen molar-refractivity contribution in [3.8, 4) is 0 Å². The summed E-state index contributed by atoms with van der Waals surface area (Å²) in [5, 5.41) is 12.4. The SMILES string of the molecule is NCCc1ccccc1C(=O)NCC1CCC(O)C1. The third-order valence-corrected chi connectivity index (χ3v) is 3.74. The van der Waals surface area contributed by atoms with Crippen molar-refractivity contribution in [2.24, 2.45) is 11.7 Å². The molecule has 4 N–H and O–H groups in total. The van der Waals surface area contributed by atoms with Crippen LogP contribution in [0.4, 0.5) is 0 Å². The Labute approximate surface area is 114 Å². The monoisotopic (exact) mass is 262 g/mol. The minimum absolute atomic E-state index is 0.0366. The van der Waals surface area contributed by atoms with Gasteiger partial charge < -0.3 is 16.2 Å². The fourth-order valence-corrected chi connectivity index (χ4v) is 2.68. The number of hydrogen-bond donors (Lipinski definition) is 3. The van der Waals surface area contributed by atoms with Gasteiger partial charge in [-0.25, -0.2) is 0 Å². The zero-order valence-corrected chi connectivity index (χ0v) is 11.1. The maximum Gasteiger partial charge on any atom is 0.251 e. The molecule has 1 aromatic carbocycles. The smallest absolute Gasteiger partial charge is 0.251 e. The van der Waals surface area contributed by atoms with Gasteiger partial charge in [-0.15, -0.1) is 0 Å². The van der Waals surface area contributed by atoms with Crippen LogP contribution in [-0.2, 0) is 6.42 Å². The summed E-state index contributed by atoms with van der Waals surface area (Å²) in [4.78, 5) is 12.2. The molecule has 0 aliphatic heterocycles. The molecule has 1 fully saturated rings. The molecule has 1 aromatic rings. The Morgan fingerprint density at radius 2 is 2.16 bits per heavy atom. The van der Waals surface area contributed by atoms with E-state index >= 15 is 0 Å². The number of carbonyl (C=O) groups is 1. The van der Waals surface area contributed by atoms with Crippen molar-refractivity contribution < 1.29 is 9.90 Å². The van der Waals surface area contributed by atoms with Crippen molar-refractivity contribution in [1.29, 1.82) is 0 Å². The van der Waals surface area contributed by atoms with Crippen molar-refractivity contribution >= 4 is 5.91 Å². The standard InChI is InChI=1S/C15H22N2O2/c16-8-7-12-3-1-2-4-14(12)15(19)17-10-11-5-6-13(18)9-11/h1-4,11,13,18H,5-10,16H2,(H,17,19). The molecule has 0 radical (unpaired) electrons. The predicted molar refractivity (Wildman–Crippen MR) is 74.9 cm³/mol. The van der Waals surface area contributed by atoms with Crippen LogP contribution in [-0.4, -0.2) is 30.2 Å². The van der Waals surface area contributed by atoms with E-state index in [1.54, 1.807) is 0 Å². The molecule has 4 heteroatoms. The number of aliphatic hydroxyl groups excluding tert-OH is 1. The predicted octanol–water partition coefficient (Wildman–Crippen LogP) is 1.08. The van der Waals surface area contributed by atoms with Gasteiger partial charge >= 0.3 is 0 Å². The van der Waals surface area contributed by atoms with Crippen molar-refractivity contribution in [3.63, 3.8) is 0 Å². The van der Waals surface area contributed by atoms with Crippen LogP contribution in [0.5, 0.6) is 0 Å². The molecule has 1 aliphatic rings. The molecule has 2 rings (SSSR count). The third kappa shape index (κ3) is 3.78. The molecule has 2 unspecified atom stereocenters. The highest BCUT2D eigenvalue weighted by molar-refractivity contribution is 5.95. The molecule has 4 nitrogen and oxygen atoms in total.